The second kappa shape index (κ2) is 6.59. The molecule has 0 radical (unpaired) electrons. The minimum atomic E-state index is -0.262. The van der Waals surface area contributed by atoms with E-state index in [1.54, 1.807) is 0 Å². The molecule has 0 spiro atoms. The topological polar surface area (TPSA) is 38.5 Å². The van der Waals surface area contributed by atoms with Crippen LogP contribution in [0.3, 0.4) is 0 Å². The number of benzene rings is 1. The highest BCUT2D eigenvalue weighted by atomic mass is 16.5. The molecule has 2 N–H and O–H groups in total. The van der Waals surface area contributed by atoms with Crippen LogP contribution in [0, 0.1) is 5.92 Å². The molecule has 2 rings (SSSR count). The number of rotatable bonds is 5. The smallest absolute Gasteiger partial charge is 0.119 e. The van der Waals surface area contributed by atoms with Gasteiger partial charge in [0.2, 0.25) is 0 Å². The molecule has 1 fully saturated rings. The Labute approximate surface area is 123 Å². The van der Waals surface area contributed by atoms with E-state index >= 15 is 0 Å². The Balaban J connectivity index is 1.99. The van der Waals surface area contributed by atoms with Crippen LogP contribution in [-0.2, 0) is 6.42 Å². The van der Waals surface area contributed by atoms with Crippen LogP contribution in [0.2, 0.25) is 0 Å². The lowest BCUT2D eigenvalue weighted by Gasteiger charge is -2.42. The molecule has 20 heavy (non-hydrogen) atoms. The first kappa shape index (κ1) is 15.3. The molecule has 3 heteroatoms. The maximum absolute atomic E-state index is 6.58. The molecule has 2 atom stereocenters. The van der Waals surface area contributed by atoms with Crippen molar-refractivity contribution in [1.82, 2.24) is 4.90 Å². The van der Waals surface area contributed by atoms with Gasteiger partial charge < -0.3 is 10.5 Å². The highest BCUT2D eigenvalue weighted by Crippen LogP contribution is 2.24. The lowest BCUT2D eigenvalue weighted by atomic mass is 9.94. The average Bonchev–Trinajstić information content (AvgIpc) is 2.41. The highest BCUT2D eigenvalue weighted by molar-refractivity contribution is 5.28. The van der Waals surface area contributed by atoms with Gasteiger partial charge in [-0.3, -0.25) is 4.90 Å². The Bertz CT molecular complexity index is 414. The zero-order valence-corrected chi connectivity index (χ0v) is 13.1. The zero-order valence-electron chi connectivity index (χ0n) is 13.1. The van der Waals surface area contributed by atoms with Gasteiger partial charge in [-0.2, -0.15) is 0 Å². The second-order valence-electron chi connectivity index (χ2n) is 6.30. The lowest BCUT2D eigenvalue weighted by molar-refractivity contribution is 0.0627. The van der Waals surface area contributed by atoms with Crippen LogP contribution in [0.25, 0.3) is 0 Å². The number of ether oxygens (including phenoxy) is 1. The van der Waals surface area contributed by atoms with E-state index in [-0.39, 0.29) is 5.66 Å². The van der Waals surface area contributed by atoms with Crippen molar-refractivity contribution in [2.45, 2.75) is 45.7 Å². The van der Waals surface area contributed by atoms with E-state index in [1.165, 1.54) is 18.4 Å². The van der Waals surface area contributed by atoms with Crippen LogP contribution < -0.4 is 10.5 Å². The van der Waals surface area contributed by atoms with Gasteiger partial charge in [0.05, 0.1) is 12.3 Å². The third kappa shape index (κ3) is 3.97. The standard InChI is InChI=1S/C17H28N2O/c1-4-20-16-9-7-15(8-10-16)12-17(3,18)19-11-5-6-14(2)13-19/h7-10,14H,4-6,11-13,18H2,1-3H3. The summed E-state index contributed by atoms with van der Waals surface area (Å²) >= 11 is 0. The highest BCUT2D eigenvalue weighted by Gasteiger charge is 2.30. The molecule has 0 saturated carbocycles. The quantitative estimate of drug-likeness (QED) is 0.898. The van der Waals surface area contributed by atoms with E-state index in [4.69, 9.17) is 10.5 Å². The fourth-order valence-corrected chi connectivity index (χ4v) is 3.05. The third-order valence-corrected chi connectivity index (χ3v) is 4.18. The maximum Gasteiger partial charge on any atom is 0.119 e. The Morgan fingerprint density at radius 2 is 2.05 bits per heavy atom. The van der Waals surface area contributed by atoms with Crippen LogP contribution >= 0.6 is 0 Å². The molecule has 112 valence electrons. The summed E-state index contributed by atoms with van der Waals surface area (Å²) in [6, 6.07) is 8.33. The molecule has 1 aliphatic rings. The monoisotopic (exact) mass is 276 g/mol. The second-order valence-corrected chi connectivity index (χ2v) is 6.30. The van der Waals surface area contributed by atoms with Crippen LogP contribution in [0.1, 0.15) is 39.2 Å². The first-order chi connectivity index (χ1) is 9.51. The van der Waals surface area contributed by atoms with Crippen molar-refractivity contribution < 1.29 is 4.74 Å². The molecule has 3 nitrogen and oxygen atoms in total. The van der Waals surface area contributed by atoms with Crippen molar-refractivity contribution >= 4 is 0 Å². The summed E-state index contributed by atoms with van der Waals surface area (Å²) in [4.78, 5) is 2.44. The van der Waals surface area contributed by atoms with Crippen LogP contribution in [-0.4, -0.2) is 30.3 Å². The molecule has 0 amide bonds. The fourth-order valence-electron chi connectivity index (χ4n) is 3.05. The van der Waals surface area contributed by atoms with Crippen molar-refractivity contribution in [1.29, 1.82) is 0 Å². The van der Waals surface area contributed by atoms with E-state index in [1.807, 2.05) is 19.1 Å². The van der Waals surface area contributed by atoms with E-state index in [9.17, 15) is 0 Å². The molecular formula is C17H28N2O. The molecule has 2 unspecified atom stereocenters. The van der Waals surface area contributed by atoms with E-state index < -0.39 is 0 Å². The number of hydrogen-bond acceptors (Lipinski definition) is 3. The van der Waals surface area contributed by atoms with Gasteiger partial charge in [-0.25, -0.2) is 0 Å². The average molecular weight is 276 g/mol. The fraction of sp³-hybridized carbons (Fsp3) is 0.647. The Morgan fingerprint density at radius 1 is 1.35 bits per heavy atom. The Hall–Kier alpha value is -1.06. The normalized spacial score (nSPS) is 23.3. The Morgan fingerprint density at radius 3 is 2.65 bits per heavy atom. The van der Waals surface area contributed by atoms with E-state index in [0.29, 0.717) is 6.61 Å². The first-order valence-electron chi connectivity index (χ1n) is 7.77. The molecule has 0 aromatic heterocycles. The summed E-state index contributed by atoms with van der Waals surface area (Å²) in [5, 5.41) is 0. The van der Waals surface area contributed by atoms with Gasteiger partial charge in [0.25, 0.3) is 0 Å². The number of nitrogens with zero attached hydrogens (tertiary/aromatic N) is 1. The molecule has 0 aliphatic carbocycles. The van der Waals surface area contributed by atoms with Crippen molar-refractivity contribution in [3.8, 4) is 5.75 Å². The predicted octanol–water partition coefficient (Wildman–Crippen LogP) is 3.03. The summed E-state index contributed by atoms with van der Waals surface area (Å²) < 4.78 is 5.48. The summed E-state index contributed by atoms with van der Waals surface area (Å²) in [6.07, 6.45) is 3.47. The van der Waals surface area contributed by atoms with Crippen molar-refractivity contribution in [2.75, 3.05) is 19.7 Å². The number of piperidine rings is 1. The SMILES string of the molecule is CCOc1ccc(CC(C)(N)N2CCCC(C)C2)cc1. The van der Waals surface area contributed by atoms with Gasteiger partial charge in [-0.05, 0) is 56.8 Å². The van der Waals surface area contributed by atoms with Crippen LogP contribution in [0.4, 0.5) is 0 Å². The largest absolute Gasteiger partial charge is 0.494 e. The number of likely N-dealkylation sites (tertiary alicyclic amines) is 1. The van der Waals surface area contributed by atoms with Crippen molar-refractivity contribution in [3.63, 3.8) is 0 Å². The van der Waals surface area contributed by atoms with Crippen LogP contribution in [0.15, 0.2) is 24.3 Å². The Kier molecular flexibility index (Phi) is 5.06. The van der Waals surface area contributed by atoms with Crippen LogP contribution in [0.5, 0.6) is 5.75 Å². The molecule has 1 aliphatic heterocycles. The van der Waals surface area contributed by atoms with Crippen molar-refractivity contribution in [2.24, 2.45) is 11.7 Å². The van der Waals surface area contributed by atoms with Gasteiger partial charge in [0.1, 0.15) is 5.75 Å². The first-order valence-corrected chi connectivity index (χ1v) is 7.77. The van der Waals surface area contributed by atoms with Gasteiger partial charge >= 0.3 is 0 Å². The minimum Gasteiger partial charge on any atom is -0.494 e. The van der Waals surface area contributed by atoms with Crippen molar-refractivity contribution in [3.05, 3.63) is 29.8 Å². The van der Waals surface area contributed by atoms with Gasteiger partial charge in [0.15, 0.2) is 0 Å². The summed E-state index contributed by atoms with van der Waals surface area (Å²) in [5.74, 6) is 1.69. The van der Waals surface area contributed by atoms with E-state index in [0.717, 1.165) is 31.2 Å². The summed E-state index contributed by atoms with van der Waals surface area (Å²) in [7, 11) is 0. The zero-order chi connectivity index (χ0) is 14.6. The van der Waals surface area contributed by atoms with Gasteiger partial charge in [-0.15, -0.1) is 0 Å². The molecular weight excluding hydrogens is 248 g/mol. The lowest BCUT2D eigenvalue weighted by Crippen LogP contribution is -2.58. The number of nitrogens with two attached hydrogens (primary N) is 1. The molecule has 1 aromatic carbocycles. The molecule has 1 aromatic rings. The van der Waals surface area contributed by atoms with E-state index in [2.05, 4.69) is 30.9 Å². The third-order valence-electron chi connectivity index (χ3n) is 4.18. The summed E-state index contributed by atoms with van der Waals surface area (Å²) in [5.41, 5.74) is 7.59. The van der Waals surface area contributed by atoms with Gasteiger partial charge in [0, 0.05) is 13.0 Å². The predicted molar refractivity (Wildman–Crippen MR) is 83.9 cm³/mol. The molecule has 1 saturated heterocycles. The minimum absolute atomic E-state index is 0.262. The molecule has 0 bridgehead atoms. The maximum atomic E-state index is 6.58. The number of hydrogen-bond donors (Lipinski definition) is 1. The summed E-state index contributed by atoms with van der Waals surface area (Å²) in [6.45, 7) is 9.42. The van der Waals surface area contributed by atoms with Gasteiger partial charge in [-0.1, -0.05) is 19.1 Å². The molecule has 1 heterocycles.